The summed E-state index contributed by atoms with van der Waals surface area (Å²) in [5.41, 5.74) is 4.97. The monoisotopic (exact) mass is 340 g/mol. The van der Waals surface area contributed by atoms with Crippen molar-refractivity contribution < 1.29 is 9.53 Å². The van der Waals surface area contributed by atoms with Gasteiger partial charge in [0.1, 0.15) is 6.04 Å². The number of ether oxygens (including phenoxy) is 1. The SMILES string of the molecule is CCOC(=O)C1=C(C)Nc2nc3ccccc3n2C1c1cncs1. The molecule has 0 aliphatic carbocycles. The molecule has 0 bridgehead atoms. The first-order chi connectivity index (χ1) is 11.7. The van der Waals surface area contributed by atoms with Crippen molar-refractivity contribution in [1.82, 2.24) is 14.5 Å². The fourth-order valence-electron chi connectivity index (χ4n) is 3.07. The van der Waals surface area contributed by atoms with Crippen molar-refractivity contribution in [3.63, 3.8) is 0 Å². The molecule has 6 nitrogen and oxygen atoms in total. The van der Waals surface area contributed by atoms with Gasteiger partial charge in [0.2, 0.25) is 5.95 Å². The van der Waals surface area contributed by atoms with Gasteiger partial charge in [0.25, 0.3) is 0 Å². The normalized spacial score (nSPS) is 16.8. The molecule has 0 radical (unpaired) electrons. The minimum atomic E-state index is -0.315. The zero-order chi connectivity index (χ0) is 16.7. The Morgan fingerprint density at radius 1 is 1.42 bits per heavy atom. The van der Waals surface area contributed by atoms with Gasteiger partial charge in [0.15, 0.2) is 0 Å². The number of fused-ring (bicyclic) bond motifs is 3. The summed E-state index contributed by atoms with van der Waals surface area (Å²) < 4.78 is 7.34. The van der Waals surface area contributed by atoms with Gasteiger partial charge in [-0.05, 0) is 26.0 Å². The van der Waals surface area contributed by atoms with E-state index in [1.54, 1.807) is 11.7 Å². The van der Waals surface area contributed by atoms with Crippen molar-refractivity contribution in [1.29, 1.82) is 0 Å². The molecule has 1 N–H and O–H groups in total. The average Bonchev–Trinajstić information content (AvgIpc) is 3.21. The van der Waals surface area contributed by atoms with E-state index in [9.17, 15) is 4.79 Å². The Kier molecular flexibility index (Phi) is 3.57. The number of benzene rings is 1. The Hall–Kier alpha value is -2.67. The second-order valence-corrected chi connectivity index (χ2v) is 6.40. The molecule has 24 heavy (non-hydrogen) atoms. The van der Waals surface area contributed by atoms with Gasteiger partial charge in [-0.3, -0.25) is 9.55 Å². The minimum Gasteiger partial charge on any atom is -0.463 e. The van der Waals surface area contributed by atoms with Crippen LogP contribution in [0.15, 0.2) is 47.2 Å². The van der Waals surface area contributed by atoms with Crippen LogP contribution >= 0.6 is 11.3 Å². The number of hydrogen-bond donors (Lipinski definition) is 1. The highest BCUT2D eigenvalue weighted by molar-refractivity contribution is 7.09. The summed E-state index contributed by atoms with van der Waals surface area (Å²) >= 11 is 1.52. The molecule has 7 heteroatoms. The van der Waals surface area contributed by atoms with Crippen molar-refractivity contribution in [3.8, 4) is 0 Å². The van der Waals surface area contributed by atoms with E-state index >= 15 is 0 Å². The van der Waals surface area contributed by atoms with E-state index in [1.165, 1.54) is 11.3 Å². The number of nitrogens with one attached hydrogen (secondary N) is 1. The third-order valence-electron chi connectivity index (χ3n) is 4.05. The number of aromatic nitrogens is 3. The number of thiazole rings is 1. The number of carbonyl (C=O) groups is 1. The Morgan fingerprint density at radius 2 is 2.25 bits per heavy atom. The number of nitrogens with zero attached hydrogens (tertiary/aromatic N) is 3. The molecule has 3 heterocycles. The molecule has 0 saturated carbocycles. The molecule has 1 aromatic carbocycles. The predicted molar refractivity (Wildman–Crippen MR) is 92.9 cm³/mol. The summed E-state index contributed by atoms with van der Waals surface area (Å²) in [5.74, 6) is 0.407. The van der Waals surface area contributed by atoms with E-state index in [0.29, 0.717) is 12.2 Å². The number of rotatable bonds is 3. The average molecular weight is 340 g/mol. The van der Waals surface area contributed by atoms with E-state index in [1.807, 2.05) is 42.7 Å². The minimum absolute atomic E-state index is 0.291. The van der Waals surface area contributed by atoms with E-state index in [-0.39, 0.29) is 12.0 Å². The second kappa shape index (κ2) is 5.76. The predicted octanol–water partition coefficient (Wildman–Crippen LogP) is 3.34. The molecule has 2 aromatic heterocycles. The van der Waals surface area contributed by atoms with Gasteiger partial charge in [-0.1, -0.05) is 12.1 Å². The van der Waals surface area contributed by atoms with Crippen LogP contribution in [0.25, 0.3) is 11.0 Å². The van der Waals surface area contributed by atoms with Crippen LogP contribution in [-0.4, -0.2) is 27.1 Å². The maximum atomic E-state index is 12.6. The summed E-state index contributed by atoms with van der Waals surface area (Å²) in [7, 11) is 0. The quantitative estimate of drug-likeness (QED) is 0.741. The van der Waals surface area contributed by atoms with Gasteiger partial charge >= 0.3 is 5.97 Å². The number of esters is 1. The van der Waals surface area contributed by atoms with Crippen LogP contribution in [0, 0.1) is 0 Å². The van der Waals surface area contributed by atoms with Crippen molar-refractivity contribution in [2.45, 2.75) is 19.9 Å². The first kappa shape index (κ1) is 14.9. The third kappa shape index (κ3) is 2.20. The summed E-state index contributed by atoms with van der Waals surface area (Å²) in [4.78, 5) is 22.4. The molecule has 0 amide bonds. The number of imidazole rings is 1. The second-order valence-electron chi connectivity index (χ2n) is 5.48. The molecule has 1 aliphatic heterocycles. The summed E-state index contributed by atoms with van der Waals surface area (Å²) in [6, 6.07) is 7.60. The first-order valence-corrected chi connectivity index (χ1v) is 8.59. The maximum absolute atomic E-state index is 12.6. The molecular weight excluding hydrogens is 324 g/mol. The Bertz CT molecular complexity index is 943. The van der Waals surface area contributed by atoms with Gasteiger partial charge in [-0.15, -0.1) is 11.3 Å². The standard InChI is InChI=1S/C17H16N4O2S/c1-3-23-16(22)14-10(2)19-17-20-11-6-4-5-7-12(11)21(17)15(14)13-8-18-9-24-13/h4-9,15H,3H2,1-2H3,(H,19,20). The largest absolute Gasteiger partial charge is 0.463 e. The lowest BCUT2D eigenvalue weighted by molar-refractivity contribution is -0.139. The number of para-hydroxylation sites is 2. The molecule has 1 atom stereocenters. The van der Waals surface area contributed by atoms with Crippen molar-refractivity contribution in [2.75, 3.05) is 11.9 Å². The Labute approximate surface area is 142 Å². The Morgan fingerprint density at radius 3 is 3.00 bits per heavy atom. The number of allylic oxidation sites excluding steroid dienone is 1. The lowest BCUT2D eigenvalue weighted by atomic mass is 10.0. The molecule has 0 saturated heterocycles. The van der Waals surface area contributed by atoms with Crippen LogP contribution in [0.1, 0.15) is 24.8 Å². The van der Waals surface area contributed by atoms with Crippen LogP contribution < -0.4 is 5.32 Å². The van der Waals surface area contributed by atoms with Crippen molar-refractivity contribution in [2.24, 2.45) is 0 Å². The molecule has 1 aliphatic rings. The Balaban J connectivity index is 1.97. The first-order valence-electron chi connectivity index (χ1n) is 7.71. The molecule has 4 rings (SSSR count). The summed E-state index contributed by atoms with van der Waals surface area (Å²) in [5, 5.41) is 3.25. The lowest BCUT2D eigenvalue weighted by Crippen LogP contribution is -2.28. The van der Waals surface area contributed by atoms with Crippen LogP contribution in [0.4, 0.5) is 5.95 Å². The molecule has 3 aromatic rings. The highest BCUT2D eigenvalue weighted by atomic mass is 32.1. The third-order valence-corrected chi connectivity index (χ3v) is 4.87. The van der Waals surface area contributed by atoms with Crippen LogP contribution in [0.5, 0.6) is 0 Å². The number of carbonyl (C=O) groups excluding carboxylic acids is 1. The van der Waals surface area contributed by atoms with E-state index in [4.69, 9.17) is 4.74 Å². The lowest BCUT2D eigenvalue weighted by Gasteiger charge is -2.28. The van der Waals surface area contributed by atoms with Gasteiger partial charge in [-0.25, -0.2) is 9.78 Å². The smallest absolute Gasteiger partial charge is 0.338 e. The number of anilines is 1. The molecule has 0 fully saturated rings. The molecule has 1 unspecified atom stereocenters. The number of hydrogen-bond acceptors (Lipinski definition) is 6. The van der Waals surface area contributed by atoms with Gasteiger partial charge in [-0.2, -0.15) is 0 Å². The zero-order valence-electron chi connectivity index (χ0n) is 13.3. The van der Waals surface area contributed by atoms with E-state index in [0.717, 1.165) is 27.6 Å². The maximum Gasteiger partial charge on any atom is 0.338 e. The topological polar surface area (TPSA) is 69.0 Å². The van der Waals surface area contributed by atoms with E-state index < -0.39 is 0 Å². The fourth-order valence-corrected chi connectivity index (χ4v) is 3.78. The highest BCUT2D eigenvalue weighted by Crippen LogP contribution is 2.40. The fraction of sp³-hybridized carbons (Fsp3) is 0.235. The summed E-state index contributed by atoms with van der Waals surface area (Å²) in [6.45, 7) is 4.02. The van der Waals surface area contributed by atoms with Gasteiger partial charge < -0.3 is 10.1 Å². The van der Waals surface area contributed by atoms with Gasteiger partial charge in [0.05, 0.1) is 33.6 Å². The molecule has 122 valence electrons. The highest BCUT2D eigenvalue weighted by Gasteiger charge is 2.35. The van der Waals surface area contributed by atoms with Crippen molar-refractivity contribution >= 4 is 34.3 Å². The van der Waals surface area contributed by atoms with Crippen LogP contribution in [0.3, 0.4) is 0 Å². The van der Waals surface area contributed by atoms with Crippen LogP contribution in [-0.2, 0) is 9.53 Å². The van der Waals surface area contributed by atoms with E-state index in [2.05, 4.69) is 15.3 Å². The zero-order valence-corrected chi connectivity index (χ0v) is 14.1. The van der Waals surface area contributed by atoms with Crippen molar-refractivity contribution in [3.05, 3.63) is 52.1 Å². The molecular formula is C17H16N4O2S. The molecule has 0 spiro atoms. The van der Waals surface area contributed by atoms with Crippen LogP contribution in [0.2, 0.25) is 0 Å². The van der Waals surface area contributed by atoms with Gasteiger partial charge in [0, 0.05) is 11.9 Å². The summed E-state index contributed by atoms with van der Waals surface area (Å²) in [6.07, 6.45) is 1.80.